The number of hydrogen-bond donors (Lipinski definition) is 0. The van der Waals surface area contributed by atoms with E-state index in [2.05, 4.69) is 47.9 Å². The van der Waals surface area contributed by atoms with E-state index in [1.165, 1.54) is 24.0 Å². The van der Waals surface area contributed by atoms with Crippen LogP contribution in [0.4, 0.5) is 0 Å². The molecule has 2 saturated heterocycles. The lowest BCUT2D eigenvalue weighted by Crippen LogP contribution is -2.45. The lowest BCUT2D eigenvalue weighted by atomic mass is 9.92. The topological polar surface area (TPSA) is 23.6 Å². The van der Waals surface area contributed by atoms with Crippen LogP contribution in [0.25, 0.3) is 0 Å². The highest BCUT2D eigenvalue weighted by atomic mass is 35.5. The van der Waals surface area contributed by atoms with E-state index >= 15 is 0 Å². The number of carbonyl (C=O) groups is 1. The van der Waals surface area contributed by atoms with E-state index in [4.69, 9.17) is 0 Å². The Kier molecular flexibility index (Phi) is 7.77. The molecule has 25 heavy (non-hydrogen) atoms. The van der Waals surface area contributed by atoms with Crippen molar-refractivity contribution >= 4 is 18.3 Å². The minimum atomic E-state index is 0. The van der Waals surface area contributed by atoms with E-state index in [9.17, 15) is 4.79 Å². The quantitative estimate of drug-likeness (QED) is 0.801. The summed E-state index contributed by atoms with van der Waals surface area (Å²) in [6.45, 7) is 9.54. The third kappa shape index (κ3) is 5.46. The van der Waals surface area contributed by atoms with Crippen molar-refractivity contribution in [2.24, 2.45) is 11.8 Å². The van der Waals surface area contributed by atoms with Crippen LogP contribution >= 0.6 is 12.4 Å². The molecule has 2 fully saturated rings. The molecule has 0 bridgehead atoms. The second-order valence-electron chi connectivity index (χ2n) is 7.75. The number of likely N-dealkylation sites (tertiary alicyclic amines) is 2. The molecule has 0 radical (unpaired) electrons. The zero-order valence-corrected chi connectivity index (χ0v) is 16.6. The third-order valence-corrected chi connectivity index (χ3v) is 5.74. The monoisotopic (exact) mass is 364 g/mol. The summed E-state index contributed by atoms with van der Waals surface area (Å²) in [6.07, 6.45) is 5.61. The molecule has 1 atom stereocenters. The van der Waals surface area contributed by atoms with Gasteiger partial charge >= 0.3 is 0 Å². The van der Waals surface area contributed by atoms with E-state index in [0.717, 1.165) is 52.0 Å². The van der Waals surface area contributed by atoms with Crippen LogP contribution in [0.15, 0.2) is 24.3 Å². The maximum atomic E-state index is 12.7. The first kappa shape index (κ1) is 20.3. The lowest BCUT2D eigenvalue weighted by Gasteiger charge is -2.37. The average molecular weight is 365 g/mol. The highest BCUT2D eigenvalue weighted by Crippen LogP contribution is 2.24. The number of nitrogens with zero attached hydrogens (tertiary/aromatic N) is 2. The third-order valence-electron chi connectivity index (χ3n) is 5.74. The highest BCUT2D eigenvalue weighted by molar-refractivity contribution is 5.85. The fourth-order valence-electron chi connectivity index (χ4n) is 4.12. The molecular weight excluding hydrogens is 332 g/mol. The number of rotatable bonds is 4. The largest absolute Gasteiger partial charge is 0.342 e. The zero-order chi connectivity index (χ0) is 16.9. The van der Waals surface area contributed by atoms with Gasteiger partial charge in [-0.25, -0.2) is 0 Å². The van der Waals surface area contributed by atoms with Gasteiger partial charge < -0.3 is 4.90 Å². The Labute approximate surface area is 159 Å². The fourth-order valence-corrected chi connectivity index (χ4v) is 4.12. The van der Waals surface area contributed by atoms with Crippen molar-refractivity contribution in [1.82, 2.24) is 9.80 Å². The minimum absolute atomic E-state index is 0. The van der Waals surface area contributed by atoms with Crippen LogP contribution in [0.2, 0.25) is 0 Å². The molecule has 0 N–H and O–H groups in total. The Bertz CT molecular complexity index is 537. The summed E-state index contributed by atoms with van der Waals surface area (Å²) in [5.74, 6) is 1.36. The molecule has 0 aliphatic carbocycles. The summed E-state index contributed by atoms with van der Waals surface area (Å²) in [7, 11) is 0. The maximum absolute atomic E-state index is 12.7. The molecule has 1 unspecified atom stereocenters. The van der Waals surface area contributed by atoms with E-state index < -0.39 is 0 Å². The number of piperidine rings is 2. The molecule has 0 spiro atoms. The predicted octanol–water partition coefficient (Wildman–Crippen LogP) is 4.14. The predicted molar refractivity (Wildman–Crippen MR) is 106 cm³/mol. The Hall–Kier alpha value is -1.06. The normalized spacial score (nSPS) is 22.5. The Morgan fingerprint density at radius 1 is 1.04 bits per heavy atom. The Morgan fingerprint density at radius 2 is 1.68 bits per heavy atom. The molecule has 0 aromatic heterocycles. The van der Waals surface area contributed by atoms with Gasteiger partial charge in [0, 0.05) is 25.6 Å². The smallest absolute Gasteiger partial charge is 0.225 e. The van der Waals surface area contributed by atoms with Crippen molar-refractivity contribution in [3.8, 4) is 0 Å². The van der Waals surface area contributed by atoms with Gasteiger partial charge in [0.2, 0.25) is 5.91 Å². The van der Waals surface area contributed by atoms with Crippen molar-refractivity contribution in [2.45, 2.75) is 52.5 Å². The minimum Gasteiger partial charge on any atom is -0.342 e. The SMILES string of the molecule is CCc1ccc(CN2CCC(C(=O)N3CCCC(C)C3)CC2)cc1.Cl. The first-order valence-electron chi connectivity index (χ1n) is 9.74. The molecule has 3 nitrogen and oxygen atoms in total. The molecule has 4 heteroatoms. The molecule has 3 rings (SSSR count). The van der Waals surface area contributed by atoms with Crippen LogP contribution < -0.4 is 0 Å². The average Bonchev–Trinajstić information content (AvgIpc) is 2.62. The van der Waals surface area contributed by atoms with Crippen molar-refractivity contribution < 1.29 is 4.79 Å². The summed E-state index contributed by atoms with van der Waals surface area (Å²) >= 11 is 0. The number of halogens is 1. The first-order chi connectivity index (χ1) is 11.7. The molecule has 1 aromatic carbocycles. The molecule has 1 aromatic rings. The van der Waals surface area contributed by atoms with Crippen molar-refractivity contribution in [3.63, 3.8) is 0 Å². The van der Waals surface area contributed by atoms with Gasteiger partial charge in [-0.15, -0.1) is 12.4 Å². The van der Waals surface area contributed by atoms with E-state index in [1.807, 2.05) is 0 Å². The molecule has 2 aliphatic rings. The molecule has 140 valence electrons. The van der Waals surface area contributed by atoms with E-state index in [1.54, 1.807) is 0 Å². The van der Waals surface area contributed by atoms with Gasteiger partial charge in [-0.05, 0) is 62.2 Å². The standard InChI is InChI=1S/C21H32N2O.ClH/c1-3-18-6-8-19(9-7-18)16-22-13-10-20(11-14-22)21(24)23-12-4-5-17(2)15-23;/h6-9,17,20H,3-5,10-16H2,1-2H3;1H. The fraction of sp³-hybridized carbons (Fsp3) is 0.667. The van der Waals surface area contributed by atoms with Gasteiger partial charge in [-0.3, -0.25) is 9.69 Å². The second kappa shape index (κ2) is 9.59. The van der Waals surface area contributed by atoms with Gasteiger partial charge in [-0.2, -0.15) is 0 Å². The van der Waals surface area contributed by atoms with E-state index in [-0.39, 0.29) is 18.3 Å². The van der Waals surface area contributed by atoms with Gasteiger partial charge in [0.1, 0.15) is 0 Å². The summed E-state index contributed by atoms with van der Waals surface area (Å²) in [5.41, 5.74) is 2.79. The van der Waals surface area contributed by atoms with Gasteiger partial charge in [-0.1, -0.05) is 38.1 Å². The molecule has 0 saturated carbocycles. The molecule has 1 amide bonds. The Morgan fingerprint density at radius 3 is 2.28 bits per heavy atom. The van der Waals surface area contributed by atoms with Crippen LogP contribution in [0.5, 0.6) is 0 Å². The maximum Gasteiger partial charge on any atom is 0.225 e. The van der Waals surface area contributed by atoms with E-state index in [0.29, 0.717) is 11.8 Å². The van der Waals surface area contributed by atoms with Crippen LogP contribution in [0.1, 0.15) is 50.7 Å². The Balaban J connectivity index is 0.00000225. The van der Waals surface area contributed by atoms with Crippen LogP contribution in [0, 0.1) is 11.8 Å². The summed E-state index contributed by atoms with van der Waals surface area (Å²) < 4.78 is 0. The lowest BCUT2D eigenvalue weighted by molar-refractivity contribution is -0.138. The molecular formula is C21H33ClN2O. The number of hydrogen-bond acceptors (Lipinski definition) is 2. The molecule has 2 aliphatic heterocycles. The van der Waals surface area contributed by atoms with Crippen LogP contribution in [-0.4, -0.2) is 41.9 Å². The van der Waals surface area contributed by atoms with Crippen LogP contribution in [-0.2, 0) is 17.8 Å². The van der Waals surface area contributed by atoms with Crippen molar-refractivity contribution in [2.75, 3.05) is 26.2 Å². The summed E-state index contributed by atoms with van der Waals surface area (Å²) in [5, 5.41) is 0. The highest BCUT2D eigenvalue weighted by Gasteiger charge is 2.30. The number of aryl methyl sites for hydroxylation is 1. The van der Waals surface area contributed by atoms with Crippen molar-refractivity contribution in [3.05, 3.63) is 35.4 Å². The number of benzene rings is 1. The summed E-state index contributed by atoms with van der Waals surface area (Å²) in [6, 6.07) is 8.99. The van der Waals surface area contributed by atoms with Gasteiger partial charge in [0.05, 0.1) is 0 Å². The number of amides is 1. The zero-order valence-electron chi connectivity index (χ0n) is 15.7. The molecule has 2 heterocycles. The van der Waals surface area contributed by atoms with Crippen LogP contribution in [0.3, 0.4) is 0 Å². The van der Waals surface area contributed by atoms with Gasteiger partial charge in [0.25, 0.3) is 0 Å². The first-order valence-corrected chi connectivity index (χ1v) is 9.74. The van der Waals surface area contributed by atoms with Gasteiger partial charge in [0.15, 0.2) is 0 Å². The van der Waals surface area contributed by atoms with Crippen molar-refractivity contribution in [1.29, 1.82) is 0 Å². The summed E-state index contributed by atoms with van der Waals surface area (Å²) in [4.78, 5) is 17.4. The second-order valence-corrected chi connectivity index (χ2v) is 7.75. The number of carbonyl (C=O) groups excluding carboxylic acids is 1.